The Hall–Kier alpha value is -7.21. The largest absolute Gasteiger partial charge is 0.481 e. The van der Waals surface area contributed by atoms with Gasteiger partial charge in [-0.05, 0) is 51.4 Å². The van der Waals surface area contributed by atoms with Crippen LogP contribution in [0.5, 0.6) is 0 Å². The first-order valence-corrected chi connectivity index (χ1v) is 21.4. The number of carboxylic acids is 1. The summed E-state index contributed by atoms with van der Waals surface area (Å²) in [5.41, 5.74) is 3.78. The Morgan fingerprint density at radius 2 is 1.11 bits per heavy atom. The average molecular weight is 889 g/mol. The van der Waals surface area contributed by atoms with E-state index in [0.29, 0.717) is 21.6 Å². The van der Waals surface area contributed by atoms with Gasteiger partial charge < -0.3 is 47.2 Å². The molecule has 0 saturated carbocycles. The number of carboxylic acid groups (broad SMARTS) is 1. The standard InChI is InChI=1S/C47H48N6O10S/c54-39(55)21-22-48-42(58)35-25-30-15-19-33(20-16-30)49-46(62)40(56)41(57)47(63)53-38(27-34-12-7-23-64-34)45(61)52-37(26-29-13-17-32(18-14-29)31-10-5-2-6-11-31)44(60)51-36(43(59)50-35)24-28-8-3-1-4-9-28/h1-20,23,35-38,40-41,56-57H,21-22,24-27H2,(H,48,58)(H,49,62)(H,50,59)(H,51,60)(H,52,61)(H,53,63)(H,54,55)/t35-,36+,37-,38+,40+,41+/m0/s1. The molecule has 2 aliphatic rings. The number of benzene rings is 4. The zero-order chi connectivity index (χ0) is 45.6. The van der Waals surface area contributed by atoms with Crippen LogP contribution in [0.4, 0.5) is 5.69 Å². The van der Waals surface area contributed by atoms with Crippen molar-refractivity contribution in [3.63, 3.8) is 0 Å². The number of carbonyl (C=O) groups is 7. The van der Waals surface area contributed by atoms with Gasteiger partial charge in [0, 0.05) is 42.8 Å². The lowest BCUT2D eigenvalue weighted by Crippen LogP contribution is -2.60. The van der Waals surface area contributed by atoms with Crippen LogP contribution in [0.25, 0.3) is 11.1 Å². The predicted octanol–water partition coefficient (Wildman–Crippen LogP) is 1.89. The van der Waals surface area contributed by atoms with E-state index in [1.807, 2.05) is 42.5 Å². The van der Waals surface area contributed by atoms with Gasteiger partial charge in [0.05, 0.1) is 6.42 Å². The maximum Gasteiger partial charge on any atom is 0.305 e. The molecule has 0 spiro atoms. The van der Waals surface area contributed by atoms with Crippen molar-refractivity contribution in [2.75, 3.05) is 11.9 Å². The number of carbonyl (C=O) groups excluding carboxylic acids is 6. The summed E-state index contributed by atoms with van der Waals surface area (Å²) in [5, 5.41) is 48.3. The maximum absolute atomic E-state index is 14.6. The molecule has 0 unspecified atom stereocenters. The third-order valence-corrected chi connectivity index (χ3v) is 11.3. The van der Waals surface area contributed by atoms with E-state index in [2.05, 4.69) is 31.9 Å². The number of hydrogen-bond acceptors (Lipinski definition) is 10. The van der Waals surface area contributed by atoms with Crippen LogP contribution in [0.2, 0.25) is 0 Å². The summed E-state index contributed by atoms with van der Waals surface area (Å²) < 4.78 is 0. The van der Waals surface area contributed by atoms with Crippen LogP contribution >= 0.6 is 11.3 Å². The SMILES string of the molecule is O=C(O)CCNC(=O)[C@@H]1Cc2ccc(cc2)NC(=O)[C@H](O)[C@@H](O)C(=O)N[C@H](Cc2cccs2)C(=O)N[C@@H](Cc2ccc(-c3ccccc3)cc2)C(=O)N[C@H](Cc2ccccc2)C(=O)N1. The number of nitrogens with one attached hydrogen (secondary N) is 6. The fourth-order valence-corrected chi connectivity index (χ4v) is 7.72. The Balaban J connectivity index is 1.38. The van der Waals surface area contributed by atoms with E-state index in [1.165, 1.54) is 35.6 Å². The normalized spacial score (nSPS) is 21.2. The topological polar surface area (TPSA) is 252 Å². The molecule has 6 amide bonds. The molecule has 7 rings (SSSR count). The minimum Gasteiger partial charge on any atom is -0.481 e. The maximum atomic E-state index is 14.6. The van der Waals surface area contributed by atoms with Crippen LogP contribution in [0.15, 0.2) is 127 Å². The molecule has 0 fully saturated rings. The molecule has 2 aliphatic heterocycles. The van der Waals surface area contributed by atoms with E-state index in [4.69, 9.17) is 0 Å². The van der Waals surface area contributed by atoms with Crippen molar-refractivity contribution in [3.8, 4) is 11.1 Å². The van der Waals surface area contributed by atoms with Crippen LogP contribution < -0.4 is 31.9 Å². The van der Waals surface area contributed by atoms with E-state index in [-0.39, 0.29) is 44.3 Å². The van der Waals surface area contributed by atoms with Crippen molar-refractivity contribution in [1.29, 1.82) is 0 Å². The van der Waals surface area contributed by atoms with Gasteiger partial charge in [0.1, 0.15) is 24.2 Å². The minimum atomic E-state index is -2.31. The van der Waals surface area contributed by atoms with Gasteiger partial charge in [-0.3, -0.25) is 33.6 Å². The Kier molecular flexibility index (Phi) is 16.1. The molecule has 5 aromatic rings. The fraction of sp³-hybridized carbons (Fsp3) is 0.255. The van der Waals surface area contributed by atoms with Gasteiger partial charge in [-0.15, -0.1) is 11.3 Å². The van der Waals surface area contributed by atoms with Crippen molar-refractivity contribution in [2.24, 2.45) is 0 Å². The lowest BCUT2D eigenvalue weighted by Gasteiger charge is -2.27. The van der Waals surface area contributed by atoms with Crippen LogP contribution in [0, 0.1) is 0 Å². The summed E-state index contributed by atoms with van der Waals surface area (Å²) >= 11 is 1.29. The predicted molar refractivity (Wildman–Crippen MR) is 238 cm³/mol. The quantitative estimate of drug-likeness (QED) is 0.0872. The van der Waals surface area contributed by atoms with E-state index >= 15 is 0 Å². The zero-order valence-corrected chi connectivity index (χ0v) is 35.3. The highest BCUT2D eigenvalue weighted by atomic mass is 32.1. The first-order chi connectivity index (χ1) is 30.8. The molecule has 16 nitrogen and oxygen atoms in total. The number of fused-ring (bicyclic) bond motifs is 18. The molecule has 17 heteroatoms. The number of rotatable bonds is 11. The molecule has 9 N–H and O–H groups in total. The smallest absolute Gasteiger partial charge is 0.305 e. The van der Waals surface area contributed by atoms with E-state index in [1.54, 1.807) is 60.0 Å². The van der Waals surface area contributed by atoms with Gasteiger partial charge in [-0.2, -0.15) is 0 Å². The Labute approximate surface area is 372 Å². The molecule has 1 aromatic heterocycles. The molecule has 0 aliphatic carbocycles. The number of hydrogen-bond donors (Lipinski definition) is 9. The molecule has 64 heavy (non-hydrogen) atoms. The van der Waals surface area contributed by atoms with Crippen LogP contribution in [-0.4, -0.2) is 99.7 Å². The first kappa shape index (κ1) is 46.3. The summed E-state index contributed by atoms with van der Waals surface area (Å²) in [7, 11) is 0. The minimum absolute atomic E-state index is 0.0378. The number of aliphatic hydroxyl groups is 2. The van der Waals surface area contributed by atoms with Crippen LogP contribution in [0.1, 0.15) is 28.0 Å². The number of aliphatic carboxylic acids is 1. The molecular formula is C47H48N6O10S. The second kappa shape index (κ2) is 22.2. The third-order valence-electron chi connectivity index (χ3n) is 10.4. The molecule has 6 atom stereocenters. The van der Waals surface area contributed by atoms with Gasteiger partial charge in [0.2, 0.25) is 23.6 Å². The van der Waals surface area contributed by atoms with Crippen LogP contribution in [-0.2, 0) is 59.2 Å². The summed E-state index contributed by atoms with van der Waals surface area (Å²) in [4.78, 5) is 95.2. The highest BCUT2D eigenvalue weighted by Gasteiger charge is 2.36. The second-order valence-electron chi connectivity index (χ2n) is 15.2. The number of anilines is 1. The highest BCUT2D eigenvalue weighted by Crippen LogP contribution is 2.21. The molecular weight excluding hydrogens is 841 g/mol. The highest BCUT2D eigenvalue weighted by molar-refractivity contribution is 7.09. The van der Waals surface area contributed by atoms with Crippen molar-refractivity contribution >= 4 is 58.4 Å². The number of thiophene rings is 1. The second-order valence-corrected chi connectivity index (χ2v) is 16.2. The Morgan fingerprint density at radius 1 is 0.578 bits per heavy atom. The van der Waals surface area contributed by atoms with Gasteiger partial charge >= 0.3 is 5.97 Å². The van der Waals surface area contributed by atoms with Crippen molar-refractivity contribution in [1.82, 2.24) is 26.6 Å². The van der Waals surface area contributed by atoms with E-state index < -0.39 is 77.8 Å². The van der Waals surface area contributed by atoms with Gasteiger partial charge in [-0.1, -0.05) is 103 Å². The number of amides is 6. The number of aliphatic hydroxyl groups excluding tert-OH is 2. The van der Waals surface area contributed by atoms with Crippen molar-refractivity contribution < 1.29 is 48.9 Å². The monoisotopic (exact) mass is 888 g/mol. The zero-order valence-electron chi connectivity index (χ0n) is 34.4. The van der Waals surface area contributed by atoms with Crippen molar-refractivity contribution in [2.45, 2.75) is 68.5 Å². The third kappa shape index (κ3) is 13.2. The first-order valence-electron chi connectivity index (χ1n) is 20.5. The summed E-state index contributed by atoms with van der Waals surface area (Å²) in [6.07, 6.45) is -5.30. The molecule has 0 radical (unpaired) electrons. The fourth-order valence-electron chi connectivity index (χ4n) is 6.97. The summed E-state index contributed by atoms with van der Waals surface area (Å²) in [5.74, 6) is -6.60. The van der Waals surface area contributed by atoms with Crippen LogP contribution in [0.3, 0.4) is 0 Å². The van der Waals surface area contributed by atoms with E-state index in [0.717, 1.165) is 11.1 Å². The molecule has 0 saturated heterocycles. The molecule has 4 aromatic carbocycles. The Bertz CT molecular complexity index is 2400. The molecule has 2 bridgehead atoms. The summed E-state index contributed by atoms with van der Waals surface area (Å²) in [6, 6.07) is 29.7. The van der Waals surface area contributed by atoms with Gasteiger partial charge in [0.15, 0.2) is 12.2 Å². The van der Waals surface area contributed by atoms with E-state index in [9.17, 15) is 48.9 Å². The molecule has 3 heterocycles. The average Bonchev–Trinajstić information content (AvgIpc) is 3.81. The molecule has 332 valence electrons. The van der Waals surface area contributed by atoms with Crippen molar-refractivity contribution in [3.05, 3.63) is 148 Å². The van der Waals surface area contributed by atoms with Gasteiger partial charge in [-0.25, -0.2) is 0 Å². The Morgan fingerprint density at radius 3 is 1.70 bits per heavy atom. The van der Waals surface area contributed by atoms with Gasteiger partial charge in [0.25, 0.3) is 11.8 Å². The lowest BCUT2D eigenvalue weighted by atomic mass is 9.99. The lowest BCUT2D eigenvalue weighted by molar-refractivity contribution is -0.144. The summed E-state index contributed by atoms with van der Waals surface area (Å²) in [6.45, 7) is -0.234.